The van der Waals surface area contributed by atoms with E-state index in [1.54, 1.807) is 6.92 Å². The van der Waals surface area contributed by atoms with Crippen LogP contribution in [0, 0.1) is 0 Å². The minimum absolute atomic E-state index is 0.292. The first-order valence-electron chi connectivity index (χ1n) is 6.31. The Balaban J connectivity index is 2.28. The zero-order chi connectivity index (χ0) is 13.6. The lowest BCUT2D eigenvalue weighted by Crippen LogP contribution is -2.33. The van der Waals surface area contributed by atoms with Crippen LogP contribution in [0.3, 0.4) is 0 Å². The Morgan fingerprint density at radius 1 is 1.22 bits per heavy atom. The van der Waals surface area contributed by atoms with E-state index in [1.165, 1.54) is 11.8 Å². The van der Waals surface area contributed by atoms with E-state index in [4.69, 9.17) is 0 Å². The summed E-state index contributed by atoms with van der Waals surface area (Å²) < 4.78 is 22.7. The highest BCUT2D eigenvalue weighted by Crippen LogP contribution is 2.05. The lowest BCUT2D eigenvalue weighted by Gasteiger charge is -2.20. The molecule has 0 saturated heterocycles. The first-order valence-corrected chi connectivity index (χ1v) is 8.26. The van der Waals surface area contributed by atoms with E-state index in [1.807, 2.05) is 25.2 Å². The summed E-state index contributed by atoms with van der Waals surface area (Å²) in [5.74, 6) is 0. The first kappa shape index (κ1) is 15.2. The van der Waals surface area contributed by atoms with Crippen molar-refractivity contribution in [3.05, 3.63) is 35.9 Å². The number of nitrogens with zero attached hydrogens (tertiary/aromatic N) is 1. The summed E-state index contributed by atoms with van der Waals surface area (Å²) in [6, 6.07) is 10.4. The maximum absolute atomic E-state index is 11.3. The largest absolute Gasteiger partial charge is 0.305 e. The molecule has 18 heavy (non-hydrogen) atoms. The summed E-state index contributed by atoms with van der Waals surface area (Å²) in [5, 5.41) is -0.292. The van der Waals surface area contributed by atoms with Crippen LogP contribution in [0.1, 0.15) is 18.9 Å². The smallest absolute Gasteiger partial charge is 0.151 e. The number of rotatable bonds is 7. The second-order valence-corrected chi connectivity index (χ2v) is 7.46. The Labute approximate surface area is 111 Å². The standard InChI is InChI=1S/C14H23NO2S/c1-13(18(3,16)17)12-15(2)11-7-10-14-8-5-4-6-9-14/h4-6,8-9,13H,7,10-12H2,1-3H3/t13-/m0/s1. The predicted molar refractivity (Wildman–Crippen MR) is 76.6 cm³/mol. The molecule has 0 spiro atoms. The summed E-state index contributed by atoms with van der Waals surface area (Å²) in [7, 11) is -0.938. The Morgan fingerprint density at radius 2 is 1.83 bits per heavy atom. The molecule has 0 N–H and O–H groups in total. The molecule has 0 radical (unpaired) electrons. The lowest BCUT2D eigenvalue weighted by molar-refractivity contribution is 0.330. The molecule has 0 heterocycles. The molecule has 0 aliphatic carbocycles. The van der Waals surface area contributed by atoms with Gasteiger partial charge in [-0.1, -0.05) is 30.3 Å². The molecule has 1 aromatic carbocycles. The van der Waals surface area contributed by atoms with Crippen molar-refractivity contribution in [2.45, 2.75) is 25.0 Å². The molecule has 1 aromatic rings. The molecule has 0 aliphatic rings. The molecule has 0 saturated carbocycles. The van der Waals surface area contributed by atoms with Crippen LogP contribution in [0.5, 0.6) is 0 Å². The molecular formula is C14H23NO2S. The van der Waals surface area contributed by atoms with Crippen molar-refractivity contribution in [1.29, 1.82) is 0 Å². The van der Waals surface area contributed by atoms with Gasteiger partial charge in [0, 0.05) is 12.8 Å². The molecule has 0 aliphatic heterocycles. The minimum Gasteiger partial charge on any atom is -0.305 e. The SMILES string of the molecule is C[C@@H](CN(C)CCCc1ccccc1)S(C)(=O)=O. The maximum Gasteiger partial charge on any atom is 0.151 e. The molecule has 3 nitrogen and oxygen atoms in total. The third-order valence-corrected chi connectivity index (χ3v) is 4.76. The van der Waals surface area contributed by atoms with E-state index in [0.717, 1.165) is 19.4 Å². The highest BCUT2D eigenvalue weighted by molar-refractivity contribution is 7.91. The van der Waals surface area contributed by atoms with Gasteiger partial charge in [0.2, 0.25) is 0 Å². The van der Waals surface area contributed by atoms with Gasteiger partial charge in [0.25, 0.3) is 0 Å². The summed E-state index contributed by atoms with van der Waals surface area (Å²) >= 11 is 0. The van der Waals surface area contributed by atoms with E-state index < -0.39 is 9.84 Å². The van der Waals surface area contributed by atoms with Gasteiger partial charge in [0.15, 0.2) is 9.84 Å². The van der Waals surface area contributed by atoms with Crippen molar-refractivity contribution in [3.8, 4) is 0 Å². The van der Waals surface area contributed by atoms with Crippen LogP contribution in [0.25, 0.3) is 0 Å². The van der Waals surface area contributed by atoms with E-state index in [-0.39, 0.29) is 5.25 Å². The van der Waals surface area contributed by atoms with Gasteiger partial charge >= 0.3 is 0 Å². The van der Waals surface area contributed by atoms with Crippen LogP contribution in [-0.4, -0.2) is 45.0 Å². The van der Waals surface area contributed by atoms with E-state index in [0.29, 0.717) is 6.54 Å². The fourth-order valence-corrected chi connectivity index (χ4v) is 2.39. The molecule has 0 unspecified atom stereocenters. The summed E-state index contributed by atoms with van der Waals surface area (Å²) in [6.07, 6.45) is 3.39. The van der Waals surface area contributed by atoms with Crippen LogP contribution >= 0.6 is 0 Å². The van der Waals surface area contributed by atoms with Gasteiger partial charge in [-0.25, -0.2) is 8.42 Å². The summed E-state index contributed by atoms with van der Waals surface area (Å²) in [4.78, 5) is 2.09. The molecule has 4 heteroatoms. The third kappa shape index (κ3) is 5.65. The maximum atomic E-state index is 11.3. The van der Waals surface area contributed by atoms with Crippen molar-refractivity contribution in [2.75, 3.05) is 26.4 Å². The van der Waals surface area contributed by atoms with E-state index in [9.17, 15) is 8.42 Å². The van der Waals surface area contributed by atoms with Gasteiger partial charge in [0.05, 0.1) is 5.25 Å². The van der Waals surface area contributed by atoms with Gasteiger partial charge in [-0.15, -0.1) is 0 Å². The highest BCUT2D eigenvalue weighted by Gasteiger charge is 2.16. The van der Waals surface area contributed by atoms with Crippen LogP contribution < -0.4 is 0 Å². The Morgan fingerprint density at radius 3 is 2.39 bits per heavy atom. The third-order valence-electron chi connectivity index (χ3n) is 3.15. The van der Waals surface area contributed by atoms with Gasteiger partial charge in [0.1, 0.15) is 0 Å². The molecule has 102 valence electrons. The zero-order valence-corrected chi connectivity index (χ0v) is 12.3. The Bertz CT molecular complexity index is 442. The van der Waals surface area contributed by atoms with Crippen LogP contribution in [0.15, 0.2) is 30.3 Å². The highest BCUT2D eigenvalue weighted by atomic mass is 32.2. The first-order chi connectivity index (χ1) is 8.39. The zero-order valence-electron chi connectivity index (χ0n) is 11.5. The molecule has 0 amide bonds. The number of sulfone groups is 1. The van der Waals surface area contributed by atoms with E-state index >= 15 is 0 Å². The molecule has 0 fully saturated rings. The monoisotopic (exact) mass is 269 g/mol. The van der Waals surface area contributed by atoms with Gasteiger partial charge < -0.3 is 4.90 Å². The van der Waals surface area contributed by atoms with Gasteiger partial charge in [-0.05, 0) is 38.9 Å². The second-order valence-electron chi connectivity index (χ2n) is 4.99. The molecule has 1 atom stereocenters. The number of hydrogen-bond acceptors (Lipinski definition) is 3. The van der Waals surface area contributed by atoms with Gasteiger partial charge in [-0.3, -0.25) is 0 Å². The van der Waals surface area contributed by atoms with E-state index in [2.05, 4.69) is 17.0 Å². The summed E-state index contributed by atoms with van der Waals surface area (Å²) in [5.41, 5.74) is 1.34. The van der Waals surface area contributed by atoms with Gasteiger partial charge in [-0.2, -0.15) is 0 Å². The predicted octanol–water partition coefficient (Wildman–Crippen LogP) is 1.98. The van der Waals surface area contributed by atoms with Crippen molar-refractivity contribution < 1.29 is 8.42 Å². The fourth-order valence-electron chi connectivity index (χ4n) is 1.86. The van der Waals surface area contributed by atoms with Crippen molar-refractivity contribution in [3.63, 3.8) is 0 Å². The minimum atomic E-state index is -2.92. The number of aryl methyl sites for hydroxylation is 1. The summed E-state index contributed by atoms with van der Waals surface area (Å²) in [6.45, 7) is 3.30. The topological polar surface area (TPSA) is 37.4 Å². The quantitative estimate of drug-likeness (QED) is 0.759. The normalized spacial score (nSPS) is 13.8. The fraction of sp³-hybridized carbons (Fsp3) is 0.571. The lowest BCUT2D eigenvalue weighted by atomic mass is 10.1. The molecular weight excluding hydrogens is 246 g/mol. The number of benzene rings is 1. The van der Waals surface area contributed by atoms with Crippen LogP contribution in [-0.2, 0) is 16.3 Å². The Hall–Kier alpha value is -0.870. The number of hydrogen-bond donors (Lipinski definition) is 0. The van der Waals surface area contributed by atoms with Crippen molar-refractivity contribution in [1.82, 2.24) is 4.90 Å². The Kier molecular flexibility index (Phi) is 5.82. The average Bonchev–Trinajstić information content (AvgIpc) is 2.29. The van der Waals surface area contributed by atoms with Crippen molar-refractivity contribution >= 4 is 9.84 Å². The molecule has 0 bridgehead atoms. The average molecular weight is 269 g/mol. The second kappa shape index (κ2) is 6.90. The molecule has 0 aromatic heterocycles. The molecule has 1 rings (SSSR count). The van der Waals surface area contributed by atoms with Crippen molar-refractivity contribution in [2.24, 2.45) is 0 Å². The van der Waals surface area contributed by atoms with Crippen LogP contribution in [0.4, 0.5) is 0 Å². The van der Waals surface area contributed by atoms with Crippen LogP contribution in [0.2, 0.25) is 0 Å².